The highest BCUT2D eigenvalue weighted by Crippen LogP contribution is 2.24. The van der Waals surface area contributed by atoms with Crippen molar-refractivity contribution in [1.29, 1.82) is 0 Å². The topological polar surface area (TPSA) is 4.93 Å². The third-order valence-corrected chi connectivity index (χ3v) is 3.56. The van der Waals surface area contributed by atoms with Crippen molar-refractivity contribution in [3.05, 3.63) is 70.9 Å². The molecule has 2 heteroatoms. The average molecular weight is 256 g/mol. The van der Waals surface area contributed by atoms with Crippen molar-refractivity contribution in [3.8, 4) is 0 Å². The lowest BCUT2D eigenvalue weighted by Crippen LogP contribution is -1.97. The number of hydrogen-bond donors (Lipinski definition) is 0. The Morgan fingerprint density at radius 1 is 1.00 bits per heavy atom. The van der Waals surface area contributed by atoms with Crippen molar-refractivity contribution in [2.75, 3.05) is 0 Å². The Morgan fingerprint density at radius 3 is 2.56 bits per heavy atom. The monoisotopic (exact) mass is 255 g/mol. The molecule has 0 saturated heterocycles. The Kier molecular flexibility index (Phi) is 2.85. The minimum atomic E-state index is 0.815. The van der Waals surface area contributed by atoms with E-state index < -0.39 is 0 Å². The number of benzene rings is 2. The van der Waals surface area contributed by atoms with Gasteiger partial charge in [0.25, 0.3) is 0 Å². The van der Waals surface area contributed by atoms with E-state index >= 15 is 0 Å². The summed E-state index contributed by atoms with van der Waals surface area (Å²) in [5.41, 5.74) is 3.78. The molecule has 0 spiro atoms. The Hall–Kier alpha value is -1.73. The summed E-state index contributed by atoms with van der Waals surface area (Å²) in [5, 5.41) is 1.93. The molecule has 90 valence electrons. The molecule has 0 bridgehead atoms. The van der Waals surface area contributed by atoms with E-state index in [-0.39, 0.29) is 0 Å². The molecule has 1 heterocycles. The Bertz CT molecular complexity index is 680. The van der Waals surface area contributed by atoms with Crippen LogP contribution in [0.2, 0.25) is 5.02 Å². The van der Waals surface area contributed by atoms with Gasteiger partial charge in [-0.1, -0.05) is 47.5 Å². The number of aromatic nitrogens is 1. The van der Waals surface area contributed by atoms with Crippen molar-refractivity contribution in [2.24, 2.45) is 0 Å². The van der Waals surface area contributed by atoms with Crippen LogP contribution in [0.3, 0.4) is 0 Å². The first-order valence-corrected chi connectivity index (χ1v) is 6.41. The minimum Gasteiger partial charge on any atom is -0.343 e. The fourth-order valence-electron chi connectivity index (χ4n) is 2.21. The molecule has 0 unspecified atom stereocenters. The van der Waals surface area contributed by atoms with Crippen LogP contribution in [0, 0.1) is 6.92 Å². The maximum atomic E-state index is 6.18. The number of aryl methyl sites for hydroxylation is 1. The first-order chi connectivity index (χ1) is 8.74. The van der Waals surface area contributed by atoms with Gasteiger partial charge < -0.3 is 4.57 Å². The van der Waals surface area contributed by atoms with Gasteiger partial charge in [0.05, 0.1) is 0 Å². The Labute approximate surface area is 112 Å². The molecule has 18 heavy (non-hydrogen) atoms. The van der Waals surface area contributed by atoms with Gasteiger partial charge in [-0.15, -0.1) is 0 Å². The highest BCUT2D eigenvalue weighted by atomic mass is 35.5. The largest absolute Gasteiger partial charge is 0.343 e. The maximum Gasteiger partial charge on any atom is 0.0499 e. The summed E-state index contributed by atoms with van der Waals surface area (Å²) < 4.78 is 2.23. The molecule has 0 aliphatic rings. The van der Waals surface area contributed by atoms with Gasteiger partial charge in [0.15, 0.2) is 0 Å². The normalized spacial score (nSPS) is 11.0. The van der Waals surface area contributed by atoms with E-state index in [0.29, 0.717) is 0 Å². The van der Waals surface area contributed by atoms with E-state index in [9.17, 15) is 0 Å². The number of halogens is 1. The van der Waals surface area contributed by atoms with E-state index in [1.54, 1.807) is 0 Å². The predicted octanol–water partition coefficient (Wildman–Crippen LogP) is 4.65. The molecule has 1 nitrogen and oxygen atoms in total. The number of hydrogen-bond acceptors (Lipinski definition) is 0. The first-order valence-electron chi connectivity index (χ1n) is 6.03. The Morgan fingerprint density at radius 2 is 1.78 bits per heavy atom. The zero-order valence-corrected chi connectivity index (χ0v) is 11.0. The molecule has 0 radical (unpaired) electrons. The lowest BCUT2D eigenvalue weighted by molar-refractivity contribution is 0.836. The minimum absolute atomic E-state index is 0.815. The zero-order chi connectivity index (χ0) is 12.5. The van der Waals surface area contributed by atoms with Crippen LogP contribution in [0.25, 0.3) is 10.9 Å². The summed E-state index contributed by atoms with van der Waals surface area (Å²) in [6.45, 7) is 2.98. The van der Waals surface area contributed by atoms with Gasteiger partial charge in [-0.05, 0) is 30.7 Å². The summed E-state index contributed by atoms with van der Waals surface area (Å²) in [6.07, 6.45) is 2.09. The molecule has 0 N–H and O–H groups in total. The van der Waals surface area contributed by atoms with Crippen LogP contribution in [0.4, 0.5) is 0 Å². The third-order valence-electron chi connectivity index (χ3n) is 3.23. The van der Waals surface area contributed by atoms with Crippen LogP contribution in [0.15, 0.2) is 54.7 Å². The molecule has 0 aliphatic carbocycles. The molecule has 3 aromatic rings. The highest BCUT2D eigenvalue weighted by Gasteiger charge is 2.04. The standard InChI is InChI=1S/C16H14ClN/c1-12-5-7-13(8-6-12)11-18-10-9-14-15(17)3-2-4-16(14)18/h2-10H,11H2,1H3. The van der Waals surface area contributed by atoms with Crippen molar-refractivity contribution in [2.45, 2.75) is 13.5 Å². The van der Waals surface area contributed by atoms with Gasteiger partial charge >= 0.3 is 0 Å². The molecule has 0 saturated carbocycles. The zero-order valence-electron chi connectivity index (χ0n) is 10.2. The van der Waals surface area contributed by atoms with Crippen molar-refractivity contribution < 1.29 is 0 Å². The smallest absolute Gasteiger partial charge is 0.0499 e. The molecular weight excluding hydrogens is 242 g/mol. The molecular formula is C16H14ClN. The third kappa shape index (κ3) is 2.02. The van der Waals surface area contributed by atoms with Gasteiger partial charge in [0, 0.05) is 28.7 Å². The molecule has 0 fully saturated rings. The lowest BCUT2D eigenvalue weighted by atomic mass is 10.1. The Balaban J connectivity index is 2.00. The van der Waals surface area contributed by atoms with Crippen LogP contribution >= 0.6 is 11.6 Å². The van der Waals surface area contributed by atoms with Crippen LogP contribution in [0.1, 0.15) is 11.1 Å². The fraction of sp³-hybridized carbons (Fsp3) is 0.125. The van der Waals surface area contributed by atoms with E-state index in [0.717, 1.165) is 17.0 Å². The summed E-state index contributed by atoms with van der Waals surface area (Å²) in [4.78, 5) is 0. The summed E-state index contributed by atoms with van der Waals surface area (Å²) >= 11 is 6.18. The lowest BCUT2D eigenvalue weighted by Gasteiger charge is -2.06. The molecule has 3 rings (SSSR count). The SMILES string of the molecule is Cc1ccc(Cn2ccc3c(Cl)cccc32)cc1. The second kappa shape index (κ2) is 4.51. The van der Waals surface area contributed by atoms with Gasteiger partial charge in [0.1, 0.15) is 0 Å². The van der Waals surface area contributed by atoms with Crippen molar-refractivity contribution in [1.82, 2.24) is 4.57 Å². The van der Waals surface area contributed by atoms with Crippen LogP contribution < -0.4 is 0 Å². The summed E-state index contributed by atoms with van der Waals surface area (Å²) in [7, 11) is 0. The van der Waals surface area contributed by atoms with E-state index in [4.69, 9.17) is 11.6 Å². The second-order valence-electron chi connectivity index (χ2n) is 4.60. The van der Waals surface area contributed by atoms with Crippen molar-refractivity contribution >= 4 is 22.5 Å². The quantitative estimate of drug-likeness (QED) is 0.628. The van der Waals surface area contributed by atoms with Crippen LogP contribution in [0.5, 0.6) is 0 Å². The highest BCUT2D eigenvalue weighted by molar-refractivity contribution is 6.35. The van der Waals surface area contributed by atoms with Gasteiger partial charge in [-0.25, -0.2) is 0 Å². The molecule has 0 aliphatic heterocycles. The van der Waals surface area contributed by atoms with E-state index in [2.05, 4.69) is 54.1 Å². The fourth-order valence-corrected chi connectivity index (χ4v) is 2.45. The van der Waals surface area contributed by atoms with E-state index in [1.807, 2.05) is 12.1 Å². The van der Waals surface area contributed by atoms with Gasteiger partial charge in [0.2, 0.25) is 0 Å². The van der Waals surface area contributed by atoms with Gasteiger partial charge in [-0.3, -0.25) is 0 Å². The van der Waals surface area contributed by atoms with Gasteiger partial charge in [-0.2, -0.15) is 0 Å². The summed E-state index contributed by atoms with van der Waals surface area (Å²) in [5.74, 6) is 0. The first kappa shape index (κ1) is 11.4. The molecule has 2 aromatic carbocycles. The number of fused-ring (bicyclic) bond motifs is 1. The molecule has 0 amide bonds. The number of nitrogens with zero attached hydrogens (tertiary/aromatic N) is 1. The number of rotatable bonds is 2. The van der Waals surface area contributed by atoms with Crippen LogP contribution in [-0.2, 0) is 6.54 Å². The molecule has 0 atom stereocenters. The summed E-state index contributed by atoms with van der Waals surface area (Å²) in [6, 6.07) is 16.7. The maximum absolute atomic E-state index is 6.18. The van der Waals surface area contributed by atoms with Crippen LogP contribution in [-0.4, -0.2) is 4.57 Å². The predicted molar refractivity (Wildman–Crippen MR) is 77.2 cm³/mol. The van der Waals surface area contributed by atoms with Crippen molar-refractivity contribution in [3.63, 3.8) is 0 Å². The molecule has 1 aromatic heterocycles. The second-order valence-corrected chi connectivity index (χ2v) is 5.01. The average Bonchev–Trinajstić information content (AvgIpc) is 2.77. The van der Waals surface area contributed by atoms with E-state index in [1.165, 1.54) is 16.6 Å².